The highest BCUT2D eigenvalue weighted by Gasteiger charge is 2.46. The molecule has 1 atom stereocenters. The van der Waals surface area contributed by atoms with E-state index >= 15 is 0 Å². The molecule has 1 aliphatic rings. The zero-order valence-electron chi connectivity index (χ0n) is 6.91. The van der Waals surface area contributed by atoms with Crippen molar-refractivity contribution < 1.29 is 9.53 Å². The van der Waals surface area contributed by atoms with Gasteiger partial charge in [0.1, 0.15) is 0 Å². The van der Waals surface area contributed by atoms with Crippen molar-refractivity contribution in [2.75, 3.05) is 13.7 Å². The van der Waals surface area contributed by atoms with Gasteiger partial charge in [0.05, 0.1) is 12.7 Å². The summed E-state index contributed by atoms with van der Waals surface area (Å²) in [6, 6.07) is 2.03. The van der Waals surface area contributed by atoms with E-state index in [9.17, 15) is 4.79 Å². The quantitative estimate of drug-likeness (QED) is 0.454. The highest BCUT2D eigenvalue weighted by molar-refractivity contribution is 5.38. The molecule has 1 fully saturated rings. The molecule has 0 amide bonds. The molecule has 4 nitrogen and oxygen atoms in total. The maximum absolute atomic E-state index is 10.1. The van der Waals surface area contributed by atoms with Crippen LogP contribution >= 0.6 is 0 Å². The van der Waals surface area contributed by atoms with Crippen molar-refractivity contribution in [3.63, 3.8) is 0 Å². The van der Waals surface area contributed by atoms with Crippen LogP contribution in [0.1, 0.15) is 12.8 Å². The van der Waals surface area contributed by atoms with Gasteiger partial charge < -0.3 is 4.74 Å². The number of aliphatic imine (C=N–C) groups is 1. The van der Waals surface area contributed by atoms with Gasteiger partial charge in [-0.3, -0.25) is 0 Å². The SMILES string of the molecule is COCC(C#N)(N=C=O)C1CC1. The molecule has 1 saturated carbocycles. The summed E-state index contributed by atoms with van der Waals surface area (Å²) < 4.78 is 4.86. The Hall–Kier alpha value is -1.17. The molecular weight excluding hydrogens is 156 g/mol. The van der Waals surface area contributed by atoms with E-state index in [1.807, 2.05) is 6.07 Å². The van der Waals surface area contributed by atoms with Gasteiger partial charge in [-0.2, -0.15) is 10.3 Å². The van der Waals surface area contributed by atoms with Gasteiger partial charge in [0.15, 0.2) is 5.54 Å². The Morgan fingerprint density at radius 1 is 1.75 bits per heavy atom. The third-order valence-electron chi connectivity index (χ3n) is 2.06. The molecule has 0 heterocycles. The van der Waals surface area contributed by atoms with Gasteiger partial charge in [0.25, 0.3) is 0 Å². The van der Waals surface area contributed by atoms with Crippen molar-refractivity contribution in [2.45, 2.75) is 18.4 Å². The van der Waals surface area contributed by atoms with Gasteiger partial charge in [-0.25, -0.2) is 4.79 Å². The minimum Gasteiger partial charge on any atom is -0.381 e. The summed E-state index contributed by atoms with van der Waals surface area (Å²) in [6.45, 7) is 0.184. The summed E-state index contributed by atoms with van der Waals surface area (Å²) in [4.78, 5) is 13.6. The van der Waals surface area contributed by atoms with Gasteiger partial charge in [-0.15, -0.1) is 0 Å². The molecule has 0 N–H and O–H groups in total. The summed E-state index contributed by atoms with van der Waals surface area (Å²) >= 11 is 0. The van der Waals surface area contributed by atoms with E-state index in [4.69, 9.17) is 10.00 Å². The second-order valence-corrected chi connectivity index (χ2v) is 2.95. The molecule has 0 aromatic heterocycles. The lowest BCUT2D eigenvalue weighted by atomic mass is 9.97. The molecule has 0 spiro atoms. The first kappa shape index (κ1) is 8.92. The second-order valence-electron chi connectivity index (χ2n) is 2.95. The Balaban J connectivity index is 2.80. The number of nitriles is 1. The molecule has 0 saturated heterocycles. The summed E-state index contributed by atoms with van der Waals surface area (Å²) in [5.74, 6) is 0.184. The van der Waals surface area contributed by atoms with Gasteiger partial charge in [-0.05, 0) is 12.8 Å². The van der Waals surface area contributed by atoms with Gasteiger partial charge in [-0.1, -0.05) is 0 Å². The molecule has 64 valence electrons. The van der Waals surface area contributed by atoms with E-state index < -0.39 is 5.54 Å². The maximum Gasteiger partial charge on any atom is 0.236 e. The smallest absolute Gasteiger partial charge is 0.236 e. The number of isocyanates is 1. The number of carbonyl (C=O) groups excluding carboxylic acids is 1. The fourth-order valence-corrected chi connectivity index (χ4v) is 1.25. The van der Waals surface area contributed by atoms with Crippen LogP contribution in [0.25, 0.3) is 0 Å². The minimum absolute atomic E-state index is 0.184. The summed E-state index contributed by atoms with van der Waals surface area (Å²) in [6.07, 6.45) is 3.33. The van der Waals surface area contributed by atoms with E-state index in [-0.39, 0.29) is 12.5 Å². The number of ether oxygens (including phenoxy) is 1. The standard InChI is InChI=1S/C8H10N2O2/c1-12-5-8(4-9,10-6-11)7-2-3-7/h7H,2-3,5H2,1H3. The fraction of sp³-hybridized carbons (Fsp3) is 0.750. The molecule has 1 rings (SSSR count). The monoisotopic (exact) mass is 166 g/mol. The first-order valence-electron chi connectivity index (χ1n) is 3.78. The Morgan fingerprint density at radius 3 is 2.75 bits per heavy atom. The molecule has 4 heteroatoms. The number of hydrogen-bond acceptors (Lipinski definition) is 4. The van der Waals surface area contributed by atoms with Crippen LogP contribution < -0.4 is 0 Å². The van der Waals surface area contributed by atoms with Crippen LogP contribution in [0, 0.1) is 17.2 Å². The molecule has 0 bridgehead atoms. The number of rotatable bonds is 4. The lowest BCUT2D eigenvalue weighted by molar-refractivity contribution is 0.147. The van der Waals surface area contributed by atoms with Crippen LogP contribution in [0.2, 0.25) is 0 Å². The predicted octanol–water partition coefficient (Wildman–Crippen LogP) is 0.641. The maximum atomic E-state index is 10.1. The Kier molecular flexibility index (Phi) is 2.59. The summed E-state index contributed by atoms with van der Waals surface area (Å²) in [5.41, 5.74) is -0.962. The Morgan fingerprint density at radius 2 is 2.42 bits per heavy atom. The molecule has 0 radical (unpaired) electrons. The van der Waals surface area contributed by atoms with Crippen LogP contribution in [0.3, 0.4) is 0 Å². The molecular formula is C8H10N2O2. The first-order valence-corrected chi connectivity index (χ1v) is 3.78. The highest BCUT2D eigenvalue weighted by Crippen LogP contribution is 2.41. The van der Waals surface area contributed by atoms with Crippen molar-refractivity contribution in [2.24, 2.45) is 10.9 Å². The van der Waals surface area contributed by atoms with Crippen molar-refractivity contribution >= 4 is 6.08 Å². The minimum atomic E-state index is -0.962. The lowest BCUT2D eigenvalue weighted by Gasteiger charge is -2.17. The van der Waals surface area contributed by atoms with Crippen LogP contribution in [0.15, 0.2) is 4.99 Å². The van der Waals surface area contributed by atoms with Crippen LogP contribution in [-0.4, -0.2) is 25.3 Å². The van der Waals surface area contributed by atoms with Crippen LogP contribution in [0.4, 0.5) is 0 Å². The normalized spacial score (nSPS) is 20.3. The lowest BCUT2D eigenvalue weighted by Crippen LogP contribution is -2.32. The second kappa shape index (κ2) is 3.48. The van der Waals surface area contributed by atoms with Crippen LogP contribution in [0.5, 0.6) is 0 Å². The zero-order valence-corrected chi connectivity index (χ0v) is 6.91. The molecule has 12 heavy (non-hydrogen) atoms. The van der Waals surface area contributed by atoms with Gasteiger partial charge in [0.2, 0.25) is 6.08 Å². The number of methoxy groups -OCH3 is 1. The van der Waals surface area contributed by atoms with E-state index in [1.54, 1.807) is 0 Å². The third kappa shape index (κ3) is 1.53. The highest BCUT2D eigenvalue weighted by atomic mass is 16.5. The molecule has 0 aromatic carbocycles. The largest absolute Gasteiger partial charge is 0.381 e. The molecule has 0 aliphatic heterocycles. The van der Waals surface area contributed by atoms with Gasteiger partial charge >= 0.3 is 0 Å². The average Bonchev–Trinajstić information content (AvgIpc) is 2.86. The Bertz CT molecular complexity index is 248. The molecule has 1 unspecified atom stereocenters. The predicted molar refractivity (Wildman–Crippen MR) is 41.1 cm³/mol. The molecule has 1 aliphatic carbocycles. The van der Waals surface area contributed by atoms with Crippen molar-refractivity contribution in [3.05, 3.63) is 0 Å². The van der Waals surface area contributed by atoms with E-state index in [0.29, 0.717) is 0 Å². The van der Waals surface area contributed by atoms with E-state index in [1.165, 1.54) is 13.2 Å². The Labute approximate surface area is 70.9 Å². The average molecular weight is 166 g/mol. The third-order valence-corrected chi connectivity index (χ3v) is 2.06. The van der Waals surface area contributed by atoms with Crippen molar-refractivity contribution in [1.29, 1.82) is 5.26 Å². The first-order chi connectivity index (χ1) is 5.79. The molecule has 0 aromatic rings. The van der Waals surface area contributed by atoms with Crippen LogP contribution in [-0.2, 0) is 9.53 Å². The number of nitrogens with zero attached hydrogens (tertiary/aromatic N) is 2. The van der Waals surface area contributed by atoms with Crippen molar-refractivity contribution in [1.82, 2.24) is 0 Å². The van der Waals surface area contributed by atoms with Gasteiger partial charge in [0, 0.05) is 13.0 Å². The number of hydrogen-bond donors (Lipinski definition) is 0. The summed E-state index contributed by atoms with van der Waals surface area (Å²) in [7, 11) is 1.49. The van der Waals surface area contributed by atoms with Crippen molar-refractivity contribution in [3.8, 4) is 6.07 Å². The summed E-state index contributed by atoms with van der Waals surface area (Å²) in [5, 5.41) is 8.85. The van der Waals surface area contributed by atoms with E-state index in [2.05, 4.69) is 4.99 Å². The zero-order chi connectivity index (χ0) is 9.03. The fourth-order valence-electron chi connectivity index (χ4n) is 1.25. The topological polar surface area (TPSA) is 62.4 Å². The van der Waals surface area contributed by atoms with E-state index in [0.717, 1.165) is 12.8 Å².